The molecule has 2 nitrogen and oxygen atoms in total. The number of hydrogen-bond donors (Lipinski definition) is 0. The van der Waals surface area contributed by atoms with Crippen LogP contribution in [0.1, 0.15) is 33.4 Å². The molecule has 0 aliphatic heterocycles. The number of rotatable bonds is 5. The molecule has 0 amide bonds. The molecule has 0 unspecified atom stereocenters. The predicted octanol–water partition coefficient (Wildman–Crippen LogP) is 15.4. The molecule has 278 valence electrons. The third kappa shape index (κ3) is 4.93. The lowest BCUT2D eigenvalue weighted by atomic mass is 9.70. The summed E-state index contributed by atoms with van der Waals surface area (Å²) < 4.78 is 6.16. The summed E-state index contributed by atoms with van der Waals surface area (Å²) in [6.45, 7) is 4.52. The minimum Gasteiger partial charge on any atom is -0.456 e. The van der Waals surface area contributed by atoms with Crippen molar-refractivity contribution in [3.63, 3.8) is 0 Å². The molecule has 0 saturated heterocycles. The van der Waals surface area contributed by atoms with Crippen molar-refractivity contribution in [1.29, 1.82) is 0 Å². The third-order valence-electron chi connectivity index (χ3n) is 12.9. The molecular formula is C57H39NO. The summed E-state index contributed by atoms with van der Waals surface area (Å²) >= 11 is 0. The van der Waals surface area contributed by atoms with Crippen molar-refractivity contribution in [2.75, 3.05) is 4.90 Å². The van der Waals surface area contributed by atoms with Crippen LogP contribution < -0.4 is 4.90 Å². The van der Waals surface area contributed by atoms with Gasteiger partial charge in [-0.15, -0.1) is 0 Å². The number of para-hydroxylation sites is 1. The summed E-state index contributed by atoms with van der Waals surface area (Å²) in [6.07, 6.45) is 0. The maximum absolute atomic E-state index is 6.16. The average Bonchev–Trinajstić information content (AvgIpc) is 3.91. The first-order chi connectivity index (χ1) is 29.1. The van der Waals surface area contributed by atoms with E-state index in [0.29, 0.717) is 0 Å². The molecule has 9 aromatic carbocycles. The number of fused-ring (bicyclic) bond motifs is 13. The Hall–Kier alpha value is -7.42. The minimum atomic E-state index is -0.437. The number of benzene rings is 9. The van der Waals surface area contributed by atoms with Gasteiger partial charge in [-0.1, -0.05) is 151 Å². The number of anilines is 3. The summed E-state index contributed by atoms with van der Waals surface area (Å²) in [6, 6.07) is 73.6. The first-order valence-corrected chi connectivity index (χ1v) is 20.5. The van der Waals surface area contributed by atoms with Gasteiger partial charge in [0.05, 0.1) is 5.41 Å². The zero-order chi connectivity index (χ0) is 39.2. The van der Waals surface area contributed by atoms with Crippen LogP contribution in [0.15, 0.2) is 205 Å². The van der Waals surface area contributed by atoms with Crippen LogP contribution in [-0.2, 0) is 5.41 Å². The summed E-state index contributed by atoms with van der Waals surface area (Å²) in [4.78, 5) is 2.44. The topological polar surface area (TPSA) is 16.4 Å². The van der Waals surface area contributed by atoms with Crippen LogP contribution in [0.4, 0.5) is 17.1 Å². The van der Waals surface area contributed by atoms with Gasteiger partial charge in [-0.3, -0.25) is 0 Å². The lowest BCUT2D eigenvalue weighted by molar-refractivity contribution is 0.669. The van der Waals surface area contributed by atoms with Crippen LogP contribution in [-0.4, -0.2) is 0 Å². The van der Waals surface area contributed by atoms with E-state index in [1.807, 2.05) is 12.1 Å². The van der Waals surface area contributed by atoms with Gasteiger partial charge in [0.1, 0.15) is 11.2 Å². The summed E-state index contributed by atoms with van der Waals surface area (Å²) in [5.74, 6) is 0. The maximum atomic E-state index is 6.16. The summed E-state index contributed by atoms with van der Waals surface area (Å²) in [7, 11) is 0. The van der Waals surface area contributed by atoms with Gasteiger partial charge >= 0.3 is 0 Å². The van der Waals surface area contributed by atoms with E-state index in [4.69, 9.17) is 4.42 Å². The Balaban J connectivity index is 1.06. The highest BCUT2D eigenvalue weighted by Crippen LogP contribution is 2.64. The molecule has 0 N–H and O–H groups in total. The number of hydrogen-bond acceptors (Lipinski definition) is 2. The Morgan fingerprint density at radius 3 is 1.66 bits per heavy atom. The van der Waals surface area contributed by atoms with E-state index < -0.39 is 5.41 Å². The second kappa shape index (κ2) is 12.8. The Bertz CT molecular complexity index is 3230. The molecule has 0 saturated carbocycles. The Labute approximate surface area is 344 Å². The third-order valence-corrected chi connectivity index (χ3v) is 12.9. The van der Waals surface area contributed by atoms with Crippen LogP contribution >= 0.6 is 0 Å². The summed E-state index contributed by atoms with van der Waals surface area (Å²) in [5.41, 5.74) is 22.7. The van der Waals surface area contributed by atoms with E-state index in [1.54, 1.807) is 0 Å². The van der Waals surface area contributed by atoms with Crippen molar-refractivity contribution >= 4 is 39.0 Å². The van der Waals surface area contributed by atoms with Gasteiger partial charge in [0.25, 0.3) is 0 Å². The van der Waals surface area contributed by atoms with Gasteiger partial charge in [0.15, 0.2) is 0 Å². The van der Waals surface area contributed by atoms with Gasteiger partial charge in [0, 0.05) is 27.8 Å². The number of nitrogens with zero attached hydrogens (tertiary/aromatic N) is 1. The molecule has 2 heteroatoms. The zero-order valence-corrected chi connectivity index (χ0v) is 32.9. The van der Waals surface area contributed by atoms with E-state index in [2.05, 4.69) is 207 Å². The number of aryl methyl sites for hydroxylation is 2. The van der Waals surface area contributed by atoms with Crippen LogP contribution in [0, 0.1) is 13.8 Å². The highest BCUT2D eigenvalue weighted by molar-refractivity contribution is 6.06. The Morgan fingerprint density at radius 1 is 0.373 bits per heavy atom. The first-order valence-electron chi connectivity index (χ1n) is 20.5. The second-order valence-electron chi connectivity index (χ2n) is 16.2. The first kappa shape index (κ1) is 33.7. The van der Waals surface area contributed by atoms with E-state index >= 15 is 0 Å². The normalized spacial score (nSPS) is 13.1. The molecule has 59 heavy (non-hydrogen) atoms. The van der Waals surface area contributed by atoms with Crippen LogP contribution in [0.3, 0.4) is 0 Å². The Morgan fingerprint density at radius 2 is 0.949 bits per heavy atom. The SMILES string of the molecule is Cc1ccc2c(c1)C1(c3ccccc3-c3ccccc31)c1cc(N(c3ccc(-c4ccccc4)cc3)c3ccc(-c4ccc5oc6ccccc6c5c4)cc3)cc(C)c1-2. The molecule has 1 spiro atoms. The quantitative estimate of drug-likeness (QED) is 0.174. The highest BCUT2D eigenvalue weighted by Gasteiger charge is 2.52. The fourth-order valence-corrected chi connectivity index (χ4v) is 10.3. The lowest BCUT2D eigenvalue weighted by Crippen LogP contribution is -2.26. The molecule has 10 aromatic rings. The van der Waals surface area contributed by atoms with Gasteiger partial charge in [-0.25, -0.2) is 0 Å². The molecular weight excluding hydrogens is 715 g/mol. The fraction of sp³-hybridized carbons (Fsp3) is 0.0526. The number of furan rings is 1. The average molecular weight is 754 g/mol. The lowest BCUT2D eigenvalue weighted by Gasteiger charge is -2.32. The largest absolute Gasteiger partial charge is 0.456 e. The standard InChI is InChI=1S/C57H39NO/c1-36-20-30-48-52(32-36)57(50-17-9-6-14-45(50)46-15-7-10-18-51(46)57)53-35-44(33-37(2)56(48)53)58(42-26-21-39(22-27-42)38-12-4-3-5-13-38)43-28-23-40(24-29-43)41-25-31-55-49(34-41)47-16-8-11-19-54(47)59-55/h3-35H,1-2H3. The van der Waals surface area contributed by atoms with E-state index in [9.17, 15) is 0 Å². The van der Waals surface area contributed by atoms with Crippen molar-refractivity contribution in [3.8, 4) is 44.5 Å². The van der Waals surface area contributed by atoms with Gasteiger partial charge < -0.3 is 9.32 Å². The molecule has 12 rings (SSSR count). The highest BCUT2D eigenvalue weighted by atomic mass is 16.3. The fourth-order valence-electron chi connectivity index (χ4n) is 10.3. The van der Waals surface area contributed by atoms with Crippen LogP contribution in [0.2, 0.25) is 0 Å². The summed E-state index contributed by atoms with van der Waals surface area (Å²) in [5, 5.41) is 2.27. The van der Waals surface area contributed by atoms with Crippen LogP contribution in [0.5, 0.6) is 0 Å². The molecule has 0 bridgehead atoms. The predicted molar refractivity (Wildman–Crippen MR) is 245 cm³/mol. The van der Waals surface area contributed by atoms with Gasteiger partial charge in [-0.2, -0.15) is 0 Å². The maximum Gasteiger partial charge on any atom is 0.135 e. The molecule has 1 aromatic heterocycles. The monoisotopic (exact) mass is 753 g/mol. The zero-order valence-electron chi connectivity index (χ0n) is 32.9. The van der Waals surface area contributed by atoms with E-state index in [0.717, 1.165) is 50.1 Å². The minimum absolute atomic E-state index is 0.437. The van der Waals surface area contributed by atoms with Crippen molar-refractivity contribution < 1.29 is 4.42 Å². The van der Waals surface area contributed by atoms with Crippen molar-refractivity contribution in [2.45, 2.75) is 19.3 Å². The van der Waals surface area contributed by atoms with Gasteiger partial charge in [0.2, 0.25) is 0 Å². The molecule has 0 fully saturated rings. The molecule has 0 atom stereocenters. The van der Waals surface area contributed by atoms with Gasteiger partial charge in [-0.05, 0) is 141 Å². The van der Waals surface area contributed by atoms with E-state index in [-0.39, 0.29) is 0 Å². The van der Waals surface area contributed by atoms with E-state index in [1.165, 1.54) is 66.8 Å². The smallest absolute Gasteiger partial charge is 0.135 e. The van der Waals surface area contributed by atoms with Crippen molar-refractivity contribution in [3.05, 3.63) is 234 Å². The molecule has 2 aliphatic rings. The molecule has 2 aliphatic carbocycles. The molecule has 0 radical (unpaired) electrons. The molecule has 1 heterocycles. The Kier molecular flexibility index (Phi) is 7.31. The second-order valence-corrected chi connectivity index (χ2v) is 16.2. The van der Waals surface area contributed by atoms with Crippen molar-refractivity contribution in [2.24, 2.45) is 0 Å². The van der Waals surface area contributed by atoms with Crippen LogP contribution in [0.25, 0.3) is 66.4 Å². The van der Waals surface area contributed by atoms with Crippen molar-refractivity contribution in [1.82, 2.24) is 0 Å².